The van der Waals surface area contributed by atoms with Gasteiger partial charge >= 0.3 is 6.18 Å². The van der Waals surface area contributed by atoms with Gasteiger partial charge < -0.3 is 5.32 Å². The van der Waals surface area contributed by atoms with Crippen molar-refractivity contribution in [1.82, 2.24) is 15.5 Å². The highest BCUT2D eigenvalue weighted by Gasteiger charge is 2.35. The van der Waals surface area contributed by atoms with E-state index in [1.165, 1.54) is 6.20 Å². The second-order valence-electron chi connectivity index (χ2n) is 4.06. The Hall–Kier alpha value is -2.51. The van der Waals surface area contributed by atoms with Gasteiger partial charge in [0, 0.05) is 6.20 Å². The van der Waals surface area contributed by atoms with Crippen LogP contribution in [-0.4, -0.2) is 16.1 Å². The molecule has 0 saturated carbocycles. The van der Waals surface area contributed by atoms with Gasteiger partial charge in [0.05, 0.1) is 23.4 Å². The molecule has 0 saturated heterocycles. The summed E-state index contributed by atoms with van der Waals surface area (Å²) >= 11 is 0. The van der Waals surface area contributed by atoms with E-state index in [1.54, 1.807) is 12.1 Å². The first-order chi connectivity index (χ1) is 9.89. The normalized spacial score (nSPS) is 11.2. The summed E-state index contributed by atoms with van der Waals surface area (Å²) in [4.78, 5) is 11.8. The Morgan fingerprint density at radius 2 is 1.95 bits per heavy atom. The monoisotopic (exact) mass is 299 g/mol. The van der Waals surface area contributed by atoms with Crippen molar-refractivity contribution in [1.29, 1.82) is 0 Å². The van der Waals surface area contributed by atoms with Gasteiger partial charge in [-0.05, 0) is 24.3 Å². The molecular formula is C13H9F4N3O. The molecule has 0 spiro atoms. The van der Waals surface area contributed by atoms with Gasteiger partial charge in [0.2, 0.25) is 0 Å². The molecule has 0 aliphatic rings. The first kappa shape index (κ1) is 14.9. The van der Waals surface area contributed by atoms with Crippen LogP contribution in [0.25, 0.3) is 0 Å². The lowest BCUT2D eigenvalue weighted by Crippen LogP contribution is -2.25. The number of carbonyl (C=O) groups is 1. The van der Waals surface area contributed by atoms with Crippen molar-refractivity contribution in [3.05, 3.63) is 59.2 Å². The van der Waals surface area contributed by atoms with Gasteiger partial charge in [-0.2, -0.15) is 23.4 Å². The lowest BCUT2D eigenvalue weighted by Gasteiger charge is -2.11. The topological polar surface area (TPSA) is 54.9 Å². The van der Waals surface area contributed by atoms with Crippen molar-refractivity contribution in [2.75, 3.05) is 0 Å². The predicted molar refractivity (Wildman–Crippen MR) is 64.6 cm³/mol. The first-order valence-corrected chi connectivity index (χ1v) is 5.80. The van der Waals surface area contributed by atoms with E-state index in [2.05, 4.69) is 15.5 Å². The molecule has 0 bridgehead atoms. The molecule has 21 heavy (non-hydrogen) atoms. The second-order valence-corrected chi connectivity index (χ2v) is 4.06. The Labute approximate surface area is 116 Å². The number of benzene rings is 1. The molecule has 1 aromatic carbocycles. The van der Waals surface area contributed by atoms with Crippen LogP contribution < -0.4 is 5.32 Å². The van der Waals surface area contributed by atoms with Crippen LogP contribution in [0.15, 0.2) is 36.5 Å². The summed E-state index contributed by atoms with van der Waals surface area (Å²) in [6, 6.07) is 5.68. The van der Waals surface area contributed by atoms with Crippen LogP contribution in [0.5, 0.6) is 0 Å². The Morgan fingerprint density at radius 3 is 2.57 bits per heavy atom. The van der Waals surface area contributed by atoms with Crippen LogP contribution >= 0.6 is 0 Å². The highest BCUT2D eigenvalue weighted by atomic mass is 19.4. The highest BCUT2D eigenvalue weighted by Crippen LogP contribution is 2.32. The molecule has 4 nitrogen and oxygen atoms in total. The Bertz CT molecular complexity index is 644. The summed E-state index contributed by atoms with van der Waals surface area (Å²) in [6.07, 6.45) is -3.43. The van der Waals surface area contributed by atoms with E-state index in [0.717, 1.165) is 12.1 Å². The molecule has 0 atom stereocenters. The van der Waals surface area contributed by atoms with Gasteiger partial charge in [0.25, 0.3) is 5.91 Å². The van der Waals surface area contributed by atoms with Crippen LogP contribution in [0, 0.1) is 5.82 Å². The summed E-state index contributed by atoms with van der Waals surface area (Å²) in [6.45, 7) is -0.0671. The zero-order chi connectivity index (χ0) is 15.5. The molecule has 1 N–H and O–H groups in total. The number of carbonyl (C=O) groups excluding carboxylic acids is 1. The lowest BCUT2D eigenvalue weighted by molar-refractivity contribution is -0.140. The Balaban J connectivity index is 2.17. The molecule has 1 heterocycles. The number of aromatic nitrogens is 2. The molecule has 0 aliphatic carbocycles. The van der Waals surface area contributed by atoms with E-state index in [1.807, 2.05) is 0 Å². The molecule has 1 aromatic heterocycles. The Kier molecular flexibility index (Phi) is 4.15. The van der Waals surface area contributed by atoms with Crippen molar-refractivity contribution >= 4 is 5.91 Å². The predicted octanol–water partition coefficient (Wildman–Crippen LogP) is 2.56. The van der Waals surface area contributed by atoms with E-state index in [4.69, 9.17) is 0 Å². The van der Waals surface area contributed by atoms with Gasteiger partial charge in [-0.25, -0.2) is 4.39 Å². The number of alkyl halides is 3. The molecular weight excluding hydrogens is 290 g/mol. The van der Waals surface area contributed by atoms with Crippen molar-refractivity contribution in [2.45, 2.75) is 12.7 Å². The highest BCUT2D eigenvalue weighted by molar-refractivity contribution is 5.94. The van der Waals surface area contributed by atoms with Crippen LogP contribution in [0.3, 0.4) is 0 Å². The lowest BCUT2D eigenvalue weighted by atomic mass is 10.1. The van der Waals surface area contributed by atoms with E-state index in [9.17, 15) is 22.4 Å². The summed E-state index contributed by atoms with van der Waals surface area (Å²) in [5.41, 5.74) is -1.75. The maximum atomic E-state index is 13.7. The molecule has 1 amide bonds. The number of nitrogens with zero attached hydrogens (tertiary/aromatic N) is 2. The third kappa shape index (κ3) is 3.53. The van der Waals surface area contributed by atoms with E-state index in [-0.39, 0.29) is 6.54 Å². The average molecular weight is 299 g/mol. The largest absolute Gasteiger partial charge is 0.419 e. The maximum Gasteiger partial charge on any atom is 0.419 e. The van der Waals surface area contributed by atoms with Crippen molar-refractivity contribution in [2.24, 2.45) is 0 Å². The molecule has 0 radical (unpaired) electrons. The third-order valence-corrected chi connectivity index (χ3v) is 2.61. The van der Waals surface area contributed by atoms with Crippen LogP contribution in [0.1, 0.15) is 21.6 Å². The number of hydrogen-bond acceptors (Lipinski definition) is 3. The van der Waals surface area contributed by atoms with Crippen molar-refractivity contribution in [3.63, 3.8) is 0 Å². The van der Waals surface area contributed by atoms with Crippen LogP contribution in [-0.2, 0) is 12.7 Å². The first-order valence-electron chi connectivity index (χ1n) is 5.80. The van der Waals surface area contributed by atoms with Crippen LogP contribution in [0.2, 0.25) is 0 Å². The minimum atomic E-state index is -4.86. The van der Waals surface area contributed by atoms with Gasteiger partial charge in [0.15, 0.2) is 0 Å². The summed E-state index contributed by atoms with van der Waals surface area (Å²) in [7, 11) is 0. The smallest absolute Gasteiger partial charge is 0.346 e. The van der Waals surface area contributed by atoms with Crippen LogP contribution in [0.4, 0.5) is 17.6 Å². The van der Waals surface area contributed by atoms with E-state index < -0.39 is 29.0 Å². The molecule has 2 aromatic rings. The average Bonchev–Trinajstić information content (AvgIpc) is 2.45. The van der Waals surface area contributed by atoms with E-state index in [0.29, 0.717) is 11.8 Å². The SMILES string of the molecule is O=C(NCc1cccnn1)c1cccc(C(F)(F)F)c1F. The number of rotatable bonds is 3. The summed E-state index contributed by atoms with van der Waals surface area (Å²) in [5.74, 6) is -2.55. The fourth-order valence-electron chi connectivity index (χ4n) is 1.62. The standard InChI is InChI=1S/C13H9F4N3O/c14-11-9(4-1-5-10(11)13(15,16)17)12(21)18-7-8-3-2-6-19-20-8/h1-6H,7H2,(H,18,21). The summed E-state index contributed by atoms with van der Waals surface area (Å²) in [5, 5.41) is 9.55. The molecule has 8 heteroatoms. The Morgan fingerprint density at radius 1 is 1.19 bits per heavy atom. The molecule has 0 unspecified atom stereocenters. The quantitative estimate of drug-likeness (QED) is 0.886. The van der Waals surface area contributed by atoms with Crippen molar-refractivity contribution < 1.29 is 22.4 Å². The zero-order valence-corrected chi connectivity index (χ0v) is 10.5. The maximum absolute atomic E-state index is 13.7. The third-order valence-electron chi connectivity index (χ3n) is 2.61. The molecule has 110 valence electrons. The number of hydrogen-bond donors (Lipinski definition) is 1. The molecule has 0 aliphatic heterocycles. The van der Waals surface area contributed by atoms with Gasteiger partial charge in [0.1, 0.15) is 5.82 Å². The number of halogens is 4. The fraction of sp³-hybridized carbons (Fsp3) is 0.154. The zero-order valence-electron chi connectivity index (χ0n) is 10.5. The van der Waals surface area contributed by atoms with Crippen molar-refractivity contribution in [3.8, 4) is 0 Å². The number of amides is 1. The number of nitrogens with one attached hydrogen (secondary N) is 1. The minimum absolute atomic E-state index is 0.0671. The minimum Gasteiger partial charge on any atom is -0.346 e. The van der Waals surface area contributed by atoms with Gasteiger partial charge in [-0.1, -0.05) is 6.07 Å². The summed E-state index contributed by atoms with van der Waals surface area (Å²) < 4.78 is 51.4. The fourth-order valence-corrected chi connectivity index (χ4v) is 1.62. The van der Waals surface area contributed by atoms with E-state index >= 15 is 0 Å². The van der Waals surface area contributed by atoms with Gasteiger partial charge in [-0.15, -0.1) is 0 Å². The van der Waals surface area contributed by atoms with Gasteiger partial charge in [-0.3, -0.25) is 4.79 Å². The molecule has 2 rings (SSSR count). The molecule has 0 fully saturated rings. The second kappa shape index (κ2) is 5.86.